The van der Waals surface area contributed by atoms with Crippen molar-refractivity contribution in [2.45, 2.75) is 40.5 Å². The minimum atomic E-state index is -0.243. The summed E-state index contributed by atoms with van der Waals surface area (Å²) >= 11 is 0. The summed E-state index contributed by atoms with van der Waals surface area (Å²) in [6.45, 7) is 11.2. The van der Waals surface area contributed by atoms with Gasteiger partial charge in [0.25, 0.3) is 0 Å². The summed E-state index contributed by atoms with van der Waals surface area (Å²) in [5.74, 6) is 0.703. The molecule has 1 amide bonds. The predicted octanol–water partition coefficient (Wildman–Crippen LogP) is 2.92. The van der Waals surface area contributed by atoms with E-state index in [1.54, 1.807) is 6.92 Å². The van der Waals surface area contributed by atoms with Crippen LogP contribution in [0, 0.1) is 13.8 Å². The highest BCUT2D eigenvalue weighted by molar-refractivity contribution is 5.98. The van der Waals surface area contributed by atoms with Crippen LogP contribution in [0.25, 0.3) is 11.5 Å². The van der Waals surface area contributed by atoms with Crippen LogP contribution in [0.4, 0.5) is 0 Å². The number of aryl methyl sites for hydroxylation is 2. The van der Waals surface area contributed by atoms with Crippen molar-refractivity contribution in [3.05, 3.63) is 41.3 Å². The Hall–Kier alpha value is -2.47. The minimum absolute atomic E-state index is 0.102. The third kappa shape index (κ3) is 6.32. The quantitative estimate of drug-likeness (QED) is 0.650. The molecule has 27 heavy (non-hydrogen) atoms. The van der Waals surface area contributed by atoms with Crippen molar-refractivity contribution in [2.24, 2.45) is 0 Å². The fourth-order valence-corrected chi connectivity index (χ4v) is 2.80. The maximum absolute atomic E-state index is 12.2. The summed E-state index contributed by atoms with van der Waals surface area (Å²) < 4.78 is 5.69. The van der Waals surface area contributed by atoms with E-state index < -0.39 is 0 Å². The van der Waals surface area contributed by atoms with E-state index in [1.165, 1.54) is 0 Å². The van der Waals surface area contributed by atoms with Crippen LogP contribution in [-0.4, -0.2) is 47.8 Å². The first-order valence-electron chi connectivity index (χ1n) is 9.47. The standard InChI is InChI=1S/C21H29N3O3/c1-5-24(6-2)12-11-22-20(26)14-18(25)13-19-16(4)27-21(23-19)17-9-7-15(3)8-10-17/h7-10H,5-6,11-14H2,1-4H3,(H,22,26). The molecule has 1 heterocycles. The molecule has 1 aromatic heterocycles. The third-order valence-electron chi connectivity index (χ3n) is 4.56. The Balaban J connectivity index is 1.86. The molecule has 0 radical (unpaired) electrons. The Labute approximate surface area is 161 Å². The van der Waals surface area contributed by atoms with Gasteiger partial charge in [-0.1, -0.05) is 31.5 Å². The molecule has 6 nitrogen and oxygen atoms in total. The van der Waals surface area contributed by atoms with Gasteiger partial charge in [-0.3, -0.25) is 9.59 Å². The highest BCUT2D eigenvalue weighted by atomic mass is 16.4. The van der Waals surface area contributed by atoms with E-state index in [2.05, 4.69) is 29.0 Å². The second-order valence-electron chi connectivity index (χ2n) is 6.66. The second-order valence-corrected chi connectivity index (χ2v) is 6.66. The molecule has 0 aliphatic heterocycles. The van der Waals surface area contributed by atoms with Gasteiger partial charge >= 0.3 is 0 Å². The summed E-state index contributed by atoms with van der Waals surface area (Å²) in [5, 5.41) is 2.80. The molecule has 1 aromatic carbocycles. The lowest BCUT2D eigenvalue weighted by molar-refractivity contribution is -0.127. The lowest BCUT2D eigenvalue weighted by Gasteiger charge is -2.17. The molecular formula is C21H29N3O3. The van der Waals surface area contributed by atoms with Gasteiger partial charge in [0.1, 0.15) is 11.5 Å². The number of benzene rings is 1. The Morgan fingerprint density at radius 1 is 1.11 bits per heavy atom. The number of oxazole rings is 1. The fraction of sp³-hybridized carbons (Fsp3) is 0.476. The highest BCUT2D eigenvalue weighted by Crippen LogP contribution is 2.22. The van der Waals surface area contributed by atoms with Crippen LogP contribution in [-0.2, 0) is 16.0 Å². The number of aromatic nitrogens is 1. The van der Waals surface area contributed by atoms with Gasteiger partial charge < -0.3 is 14.6 Å². The van der Waals surface area contributed by atoms with Crippen LogP contribution < -0.4 is 5.32 Å². The Bertz CT molecular complexity index is 761. The van der Waals surface area contributed by atoms with Gasteiger partial charge in [-0.15, -0.1) is 0 Å². The van der Waals surface area contributed by atoms with Crippen molar-refractivity contribution in [3.63, 3.8) is 0 Å². The van der Waals surface area contributed by atoms with Crippen molar-refractivity contribution in [3.8, 4) is 11.5 Å². The molecule has 0 aliphatic carbocycles. The third-order valence-corrected chi connectivity index (χ3v) is 4.56. The zero-order chi connectivity index (χ0) is 19.8. The number of rotatable bonds is 10. The lowest BCUT2D eigenvalue weighted by atomic mass is 10.1. The number of hydrogen-bond acceptors (Lipinski definition) is 5. The van der Waals surface area contributed by atoms with Crippen molar-refractivity contribution in [1.82, 2.24) is 15.2 Å². The van der Waals surface area contributed by atoms with Gasteiger partial charge in [0.15, 0.2) is 0 Å². The summed E-state index contributed by atoms with van der Waals surface area (Å²) in [7, 11) is 0. The van der Waals surface area contributed by atoms with Gasteiger partial charge in [0.2, 0.25) is 11.8 Å². The van der Waals surface area contributed by atoms with Gasteiger partial charge in [-0.05, 0) is 39.1 Å². The van der Waals surface area contributed by atoms with E-state index in [4.69, 9.17) is 4.42 Å². The smallest absolute Gasteiger partial charge is 0.227 e. The number of carbonyl (C=O) groups is 2. The SMILES string of the molecule is CCN(CC)CCNC(=O)CC(=O)Cc1nc(-c2ccc(C)cc2)oc1C. The number of nitrogens with zero attached hydrogens (tertiary/aromatic N) is 2. The molecule has 2 aromatic rings. The number of likely N-dealkylation sites (N-methyl/N-ethyl adjacent to an activating group) is 1. The van der Waals surface area contributed by atoms with Crippen LogP contribution in [0.5, 0.6) is 0 Å². The number of Topliss-reactive ketones (excluding diaryl/α,β-unsaturated/α-hetero) is 1. The average Bonchev–Trinajstić information content (AvgIpc) is 2.99. The topological polar surface area (TPSA) is 75.4 Å². The first-order valence-corrected chi connectivity index (χ1v) is 9.47. The number of hydrogen-bond donors (Lipinski definition) is 1. The van der Waals surface area contributed by atoms with Gasteiger partial charge in [0, 0.05) is 18.7 Å². The van der Waals surface area contributed by atoms with Crippen molar-refractivity contribution < 1.29 is 14.0 Å². The largest absolute Gasteiger partial charge is 0.441 e. The average molecular weight is 371 g/mol. The number of carbonyl (C=O) groups excluding carboxylic acids is 2. The monoisotopic (exact) mass is 371 g/mol. The van der Waals surface area contributed by atoms with E-state index in [0.29, 0.717) is 23.9 Å². The summed E-state index contributed by atoms with van der Waals surface area (Å²) in [5.41, 5.74) is 2.62. The molecule has 0 spiro atoms. The zero-order valence-corrected chi connectivity index (χ0v) is 16.7. The number of ketones is 1. The molecule has 0 bridgehead atoms. The minimum Gasteiger partial charge on any atom is -0.441 e. The fourth-order valence-electron chi connectivity index (χ4n) is 2.80. The predicted molar refractivity (Wildman–Crippen MR) is 106 cm³/mol. The highest BCUT2D eigenvalue weighted by Gasteiger charge is 2.17. The molecule has 2 rings (SSSR count). The maximum Gasteiger partial charge on any atom is 0.227 e. The molecule has 1 N–H and O–H groups in total. The van der Waals surface area contributed by atoms with E-state index in [9.17, 15) is 9.59 Å². The first-order chi connectivity index (χ1) is 12.9. The Morgan fingerprint density at radius 3 is 2.41 bits per heavy atom. The molecule has 0 saturated carbocycles. The second kappa shape index (κ2) is 10.0. The van der Waals surface area contributed by atoms with E-state index >= 15 is 0 Å². The van der Waals surface area contributed by atoms with Crippen molar-refractivity contribution in [2.75, 3.05) is 26.2 Å². The molecule has 0 aliphatic rings. The Kier molecular flexibility index (Phi) is 7.73. The number of amides is 1. The molecule has 0 atom stereocenters. The maximum atomic E-state index is 12.2. The summed E-state index contributed by atoms with van der Waals surface area (Å²) in [4.78, 5) is 30.8. The number of nitrogens with one attached hydrogen (secondary N) is 1. The summed E-state index contributed by atoms with van der Waals surface area (Å²) in [6.07, 6.45) is -0.0327. The normalized spacial score (nSPS) is 11.0. The van der Waals surface area contributed by atoms with Crippen LogP contribution in [0.1, 0.15) is 37.3 Å². The van der Waals surface area contributed by atoms with E-state index in [0.717, 1.165) is 30.8 Å². The van der Waals surface area contributed by atoms with E-state index in [1.807, 2.05) is 31.2 Å². The van der Waals surface area contributed by atoms with Crippen molar-refractivity contribution >= 4 is 11.7 Å². The molecule has 0 fully saturated rings. The van der Waals surface area contributed by atoms with E-state index in [-0.39, 0.29) is 24.5 Å². The van der Waals surface area contributed by atoms with Crippen LogP contribution in [0.3, 0.4) is 0 Å². The molecule has 0 saturated heterocycles. The van der Waals surface area contributed by atoms with Crippen LogP contribution in [0.2, 0.25) is 0 Å². The summed E-state index contributed by atoms with van der Waals surface area (Å²) in [6, 6.07) is 7.86. The van der Waals surface area contributed by atoms with Gasteiger partial charge in [0.05, 0.1) is 18.5 Å². The van der Waals surface area contributed by atoms with Crippen molar-refractivity contribution in [1.29, 1.82) is 0 Å². The first kappa shape index (κ1) is 20.8. The molecular weight excluding hydrogens is 342 g/mol. The van der Waals surface area contributed by atoms with Crippen LogP contribution >= 0.6 is 0 Å². The zero-order valence-electron chi connectivity index (χ0n) is 16.7. The van der Waals surface area contributed by atoms with Gasteiger partial charge in [-0.2, -0.15) is 0 Å². The molecule has 6 heteroatoms. The molecule has 146 valence electrons. The lowest BCUT2D eigenvalue weighted by Crippen LogP contribution is -2.35. The van der Waals surface area contributed by atoms with Crippen LogP contribution in [0.15, 0.2) is 28.7 Å². The van der Waals surface area contributed by atoms with Gasteiger partial charge in [-0.25, -0.2) is 4.98 Å². The Morgan fingerprint density at radius 2 is 1.78 bits per heavy atom. The molecule has 0 unspecified atom stereocenters.